The van der Waals surface area contributed by atoms with E-state index in [-0.39, 0.29) is 29.4 Å². The topological polar surface area (TPSA) is 59.6 Å². The van der Waals surface area contributed by atoms with Gasteiger partial charge in [-0.1, -0.05) is 36.2 Å². The van der Waals surface area contributed by atoms with Crippen LogP contribution in [0.1, 0.15) is 38.2 Å². The number of rotatable bonds is 8. The third-order valence-electron chi connectivity index (χ3n) is 4.28. The number of nitrogens with one attached hydrogen (secondary N) is 1. The minimum atomic E-state index is 0. The summed E-state index contributed by atoms with van der Waals surface area (Å²) in [5.41, 5.74) is 7.23. The zero-order chi connectivity index (χ0) is 15.8. The van der Waals surface area contributed by atoms with Gasteiger partial charge in [-0.05, 0) is 37.8 Å². The summed E-state index contributed by atoms with van der Waals surface area (Å²) in [5.74, 6) is 0.509. The number of hydrogen-bond acceptors (Lipinski definition) is 2. The highest BCUT2D eigenvalue weighted by Crippen LogP contribution is 2.46. The molecule has 0 aromatic heterocycles. The van der Waals surface area contributed by atoms with Crippen LogP contribution in [-0.4, -0.2) is 32.3 Å². The number of nitrogens with two attached hydrogens (primary N) is 1. The zero-order valence-electron chi connectivity index (χ0n) is 13.7. The van der Waals surface area contributed by atoms with Crippen LogP contribution >= 0.6 is 35.6 Å². The molecule has 0 amide bonds. The molecule has 1 aromatic rings. The Labute approximate surface area is 161 Å². The van der Waals surface area contributed by atoms with Crippen molar-refractivity contribution in [2.24, 2.45) is 10.7 Å². The van der Waals surface area contributed by atoms with Crippen LogP contribution in [0.15, 0.2) is 29.3 Å². The van der Waals surface area contributed by atoms with Gasteiger partial charge in [0, 0.05) is 30.2 Å². The van der Waals surface area contributed by atoms with E-state index in [2.05, 4.69) is 16.4 Å². The first-order valence-electron chi connectivity index (χ1n) is 8.04. The van der Waals surface area contributed by atoms with Crippen molar-refractivity contribution >= 4 is 41.5 Å². The SMILES string of the molecule is CCOCCCNC(N)=NCC1(c2ccccc2Cl)CCC1.I. The van der Waals surface area contributed by atoms with Crippen LogP contribution in [0.25, 0.3) is 0 Å². The lowest BCUT2D eigenvalue weighted by atomic mass is 9.64. The zero-order valence-corrected chi connectivity index (χ0v) is 16.8. The minimum Gasteiger partial charge on any atom is -0.382 e. The highest BCUT2D eigenvalue weighted by molar-refractivity contribution is 14.0. The predicted octanol–water partition coefficient (Wildman–Crippen LogP) is 3.71. The molecular formula is C17H27ClIN3O. The van der Waals surface area contributed by atoms with Gasteiger partial charge >= 0.3 is 0 Å². The van der Waals surface area contributed by atoms with Crippen LogP contribution in [0.4, 0.5) is 0 Å². The Morgan fingerprint density at radius 2 is 2.13 bits per heavy atom. The van der Waals surface area contributed by atoms with Crippen molar-refractivity contribution in [2.45, 2.75) is 38.0 Å². The smallest absolute Gasteiger partial charge is 0.188 e. The number of nitrogens with zero attached hydrogens (tertiary/aromatic N) is 1. The maximum absolute atomic E-state index is 6.36. The third-order valence-corrected chi connectivity index (χ3v) is 4.61. The lowest BCUT2D eigenvalue weighted by Crippen LogP contribution is -2.40. The molecular weight excluding hydrogens is 425 g/mol. The van der Waals surface area contributed by atoms with Crippen LogP contribution in [0, 0.1) is 0 Å². The van der Waals surface area contributed by atoms with Gasteiger partial charge in [0.1, 0.15) is 0 Å². The molecule has 0 aliphatic heterocycles. The summed E-state index contributed by atoms with van der Waals surface area (Å²) in [5, 5.41) is 3.98. The molecule has 0 heterocycles. The summed E-state index contributed by atoms with van der Waals surface area (Å²) < 4.78 is 5.29. The summed E-state index contributed by atoms with van der Waals surface area (Å²) in [4.78, 5) is 4.54. The average Bonchev–Trinajstić information content (AvgIpc) is 2.47. The first-order chi connectivity index (χ1) is 10.7. The Morgan fingerprint density at radius 3 is 2.74 bits per heavy atom. The highest BCUT2D eigenvalue weighted by Gasteiger charge is 2.39. The molecule has 0 unspecified atom stereocenters. The molecule has 130 valence electrons. The summed E-state index contributed by atoms with van der Waals surface area (Å²) in [6.45, 7) is 4.98. The number of hydrogen-bond donors (Lipinski definition) is 2. The first-order valence-corrected chi connectivity index (χ1v) is 8.42. The Hall–Kier alpha value is -0.530. The van der Waals surface area contributed by atoms with Crippen LogP contribution < -0.4 is 11.1 Å². The molecule has 3 N–H and O–H groups in total. The predicted molar refractivity (Wildman–Crippen MR) is 108 cm³/mol. The Morgan fingerprint density at radius 1 is 1.39 bits per heavy atom. The molecule has 0 atom stereocenters. The van der Waals surface area contributed by atoms with Crippen molar-refractivity contribution in [1.82, 2.24) is 5.32 Å². The van der Waals surface area contributed by atoms with Gasteiger partial charge in [0.15, 0.2) is 5.96 Å². The molecule has 1 aliphatic rings. The number of guanidine groups is 1. The number of halogens is 2. The van der Waals surface area contributed by atoms with Crippen LogP contribution in [0.2, 0.25) is 5.02 Å². The molecule has 2 rings (SSSR count). The van der Waals surface area contributed by atoms with Gasteiger partial charge in [-0.2, -0.15) is 0 Å². The van der Waals surface area contributed by atoms with Gasteiger partial charge in [0.05, 0.1) is 6.54 Å². The normalized spacial score (nSPS) is 16.3. The standard InChI is InChI=1S/C17H26ClN3O.HI/c1-2-22-12-6-11-20-16(19)21-13-17(9-5-10-17)14-7-3-4-8-15(14)18;/h3-4,7-8H,2,5-6,9-13H2,1H3,(H3,19,20,21);1H. The fourth-order valence-electron chi connectivity index (χ4n) is 2.83. The molecule has 23 heavy (non-hydrogen) atoms. The lowest BCUT2D eigenvalue weighted by molar-refractivity contribution is 0.145. The van der Waals surface area contributed by atoms with E-state index in [9.17, 15) is 0 Å². The number of aliphatic imine (C=N–C) groups is 1. The summed E-state index contributed by atoms with van der Waals surface area (Å²) >= 11 is 6.36. The highest BCUT2D eigenvalue weighted by atomic mass is 127. The molecule has 6 heteroatoms. The van der Waals surface area contributed by atoms with Gasteiger partial charge in [0.2, 0.25) is 0 Å². The Balaban J connectivity index is 0.00000264. The summed E-state index contributed by atoms with van der Waals surface area (Å²) in [6.07, 6.45) is 4.40. The summed E-state index contributed by atoms with van der Waals surface area (Å²) in [7, 11) is 0. The van der Waals surface area contributed by atoms with Crippen molar-refractivity contribution in [3.8, 4) is 0 Å². The van der Waals surface area contributed by atoms with Gasteiger partial charge in [-0.15, -0.1) is 24.0 Å². The third kappa shape index (κ3) is 5.80. The molecule has 0 saturated heterocycles. The summed E-state index contributed by atoms with van der Waals surface area (Å²) in [6, 6.07) is 8.08. The average molecular weight is 452 g/mol. The van der Waals surface area contributed by atoms with E-state index in [1.807, 2.05) is 25.1 Å². The van der Waals surface area contributed by atoms with Crippen LogP contribution in [0.5, 0.6) is 0 Å². The van der Waals surface area contributed by atoms with E-state index >= 15 is 0 Å². The van der Waals surface area contributed by atoms with E-state index in [0.29, 0.717) is 12.5 Å². The molecule has 0 spiro atoms. The van der Waals surface area contributed by atoms with Crippen LogP contribution in [-0.2, 0) is 10.2 Å². The Bertz CT molecular complexity index is 506. The second-order valence-electron chi connectivity index (χ2n) is 5.79. The second-order valence-corrected chi connectivity index (χ2v) is 6.20. The molecule has 4 nitrogen and oxygen atoms in total. The second kappa shape index (κ2) is 10.4. The van der Waals surface area contributed by atoms with Crippen molar-refractivity contribution < 1.29 is 4.74 Å². The maximum atomic E-state index is 6.36. The van der Waals surface area contributed by atoms with E-state index in [0.717, 1.165) is 44.0 Å². The monoisotopic (exact) mass is 451 g/mol. The molecule has 1 fully saturated rings. The molecule has 1 aromatic carbocycles. The van der Waals surface area contributed by atoms with Crippen molar-refractivity contribution in [3.05, 3.63) is 34.9 Å². The van der Waals surface area contributed by atoms with E-state index in [1.54, 1.807) is 0 Å². The van der Waals surface area contributed by atoms with E-state index in [1.165, 1.54) is 12.0 Å². The molecule has 1 saturated carbocycles. The van der Waals surface area contributed by atoms with Crippen LogP contribution in [0.3, 0.4) is 0 Å². The maximum Gasteiger partial charge on any atom is 0.188 e. The largest absolute Gasteiger partial charge is 0.382 e. The fraction of sp³-hybridized carbons (Fsp3) is 0.588. The van der Waals surface area contributed by atoms with E-state index in [4.69, 9.17) is 22.1 Å². The minimum absolute atomic E-state index is 0. The van der Waals surface area contributed by atoms with Gasteiger partial charge in [-0.3, -0.25) is 4.99 Å². The molecule has 0 bridgehead atoms. The first kappa shape index (κ1) is 20.5. The quantitative estimate of drug-likeness (QED) is 0.274. The van der Waals surface area contributed by atoms with Gasteiger partial charge < -0.3 is 15.8 Å². The number of ether oxygens (including phenoxy) is 1. The molecule has 0 radical (unpaired) electrons. The van der Waals surface area contributed by atoms with Gasteiger partial charge in [0.25, 0.3) is 0 Å². The number of benzene rings is 1. The van der Waals surface area contributed by atoms with Crippen molar-refractivity contribution in [2.75, 3.05) is 26.3 Å². The van der Waals surface area contributed by atoms with Gasteiger partial charge in [-0.25, -0.2) is 0 Å². The van der Waals surface area contributed by atoms with Crippen molar-refractivity contribution in [3.63, 3.8) is 0 Å². The van der Waals surface area contributed by atoms with E-state index < -0.39 is 0 Å². The fourth-order valence-corrected chi connectivity index (χ4v) is 3.17. The molecule has 1 aliphatic carbocycles. The lowest BCUT2D eigenvalue weighted by Gasteiger charge is -2.41. The Kier molecular flexibility index (Phi) is 9.24. The van der Waals surface area contributed by atoms with Crippen molar-refractivity contribution in [1.29, 1.82) is 0 Å².